The summed E-state index contributed by atoms with van der Waals surface area (Å²) in [7, 11) is 9.06. The van der Waals surface area contributed by atoms with E-state index in [9.17, 15) is 0 Å². The minimum absolute atomic E-state index is 0.255. The highest BCUT2D eigenvalue weighted by molar-refractivity contribution is 8.15. The zero-order valence-electron chi connectivity index (χ0n) is 16.1. The van der Waals surface area contributed by atoms with Crippen molar-refractivity contribution in [3.8, 4) is 17.2 Å². The second kappa shape index (κ2) is 16.9. The van der Waals surface area contributed by atoms with Crippen molar-refractivity contribution < 1.29 is 24.3 Å². The Hall–Kier alpha value is -1.25. The highest BCUT2D eigenvalue weighted by Crippen LogP contribution is 2.14. The van der Waals surface area contributed by atoms with Gasteiger partial charge >= 0.3 is 7.12 Å². The lowest BCUT2D eigenvalue weighted by Gasteiger charge is -2.19. The van der Waals surface area contributed by atoms with Gasteiger partial charge in [0.2, 0.25) is 0 Å². The van der Waals surface area contributed by atoms with Crippen LogP contribution in [-0.4, -0.2) is 45.2 Å². The summed E-state index contributed by atoms with van der Waals surface area (Å²) in [5, 5.41) is 17.9. The average Bonchev–Trinajstić information content (AvgIpc) is 2.72. The van der Waals surface area contributed by atoms with Crippen molar-refractivity contribution in [1.29, 1.82) is 0 Å². The van der Waals surface area contributed by atoms with E-state index in [-0.39, 0.29) is 18.6 Å². The van der Waals surface area contributed by atoms with Gasteiger partial charge in [-0.2, -0.15) is 8.15 Å². The van der Waals surface area contributed by atoms with Crippen LogP contribution in [0.1, 0.15) is 20.3 Å². The van der Waals surface area contributed by atoms with Crippen LogP contribution >= 0.6 is 17.1 Å². The minimum atomic E-state index is -0.255. The summed E-state index contributed by atoms with van der Waals surface area (Å²) >= 11 is 0. The third kappa shape index (κ3) is 11.9. The Balaban J connectivity index is 0.000000422. The summed E-state index contributed by atoms with van der Waals surface area (Å²) in [6, 6.07) is 13.5. The second-order valence-electron chi connectivity index (χ2n) is 4.88. The van der Waals surface area contributed by atoms with Crippen molar-refractivity contribution in [3.63, 3.8) is 0 Å². The van der Waals surface area contributed by atoms with Gasteiger partial charge < -0.3 is 24.3 Å². The lowest BCUT2D eigenvalue weighted by molar-refractivity contribution is 0.143. The molecule has 27 heavy (non-hydrogen) atoms. The van der Waals surface area contributed by atoms with Crippen molar-refractivity contribution in [2.75, 3.05) is 20.3 Å². The number of ether oxygens (including phenoxy) is 1. The third-order valence-electron chi connectivity index (χ3n) is 3.06. The number of aromatic hydroxyl groups is 2. The van der Waals surface area contributed by atoms with Gasteiger partial charge in [-0.1, -0.05) is 26.0 Å². The molecule has 1 aliphatic rings. The molecule has 9 heteroatoms. The van der Waals surface area contributed by atoms with Crippen LogP contribution in [0.2, 0.25) is 0 Å². The van der Waals surface area contributed by atoms with Gasteiger partial charge in [-0.25, -0.2) is 0 Å². The van der Waals surface area contributed by atoms with E-state index in [2.05, 4.69) is 8.93 Å². The maximum atomic E-state index is 9.07. The molecule has 0 aliphatic carbocycles. The summed E-state index contributed by atoms with van der Waals surface area (Å²) in [5.41, 5.74) is 0.956. The van der Waals surface area contributed by atoms with Crippen LogP contribution in [0.25, 0.3) is 0 Å². The summed E-state index contributed by atoms with van der Waals surface area (Å²) in [6.45, 7) is 5.48. The smallest absolute Gasteiger partial charge is 0.493 e. The van der Waals surface area contributed by atoms with Crippen LogP contribution in [0, 0.1) is 0 Å². The van der Waals surface area contributed by atoms with Gasteiger partial charge in [0.25, 0.3) is 0 Å². The molecular formula is C18H28B2O5P2. The molecule has 0 aromatic heterocycles. The molecule has 2 unspecified atom stereocenters. The van der Waals surface area contributed by atoms with Gasteiger partial charge in [0.05, 0.1) is 7.11 Å². The Morgan fingerprint density at radius 3 is 1.78 bits per heavy atom. The largest absolute Gasteiger partial charge is 0.508 e. The number of hydrogen-bond acceptors (Lipinski definition) is 5. The number of rotatable bonds is 2. The normalized spacial score (nSPS) is 12.7. The quantitative estimate of drug-likeness (QED) is 0.589. The van der Waals surface area contributed by atoms with Crippen LogP contribution in [0.15, 0.2) is 48.5 Å². The summed E-state index contributed by atoms with van der Waals surface area (Å²) in [4.78, 5) is 0. The molecule has 1 heterocycles. The molecule has 2 aromatic rings. The van der Waals surface area contributed by atoms with Crippen molar-refractivity contribution in [2.24, 2.45) is 0 Å². The van der Waals surface area contributed by atoms with Crippen LogP contribution in [0.4, 0.5) is 0 Å². The molecule has 0 spiro atoms. The summed E-state index contributed by atoms with van der Waals surface area (Å²) in [6.07, 6.45) is 0.953. The predicted molar refractivity (Wildman–Crippen MR) is 120 cm³/mol. The van der Waals surface area contributed by atoms with Gasteiger partial charge in [-0.15, -0.1) is 8.93 Å². The van der Waals surface area contributed by atoms with Gasteiger partial charge in [-0.3, -0.25) is 0 Å². The fourth-order valence-electron chi connectivity index (χ4n) is 1.89. The molecule has 3 rings (SSSR count). The van der Waals surface area contributed by atoms with E-state index in [1.54, 1.807) is 43.5 Å². The molecule has 1 aliphatic heterocycles. The first-order valence-corrected chi connectivity index (χ1v) is 11.5. The van der Waals surface area contributed by atoms with Crippen LogP contribution < -0.4 is 10.2 Å². The first-order chi connectivity index (χ1) is 13.1. The first kappa shape index (κ1) is 25.7. The predicted octanol–water partition coefficient (Wildman–Crippen LogP) is 3.49. The molecule has 2 radical (unpaired) electrons. The second-order valence-corrected chi connectivity index (χ2v) is 6.22. The van der Waals surface area contributed by atoms with Crippen molar-refractivity contribution in [2.45, 2.75) is 20.3 Å². The lowest BCUT2D eigenvalue weighted by atomic mass is 9.78. The van der Waals surface area contributed by atoms with Crippen LogP contribution in [-0.2, 0) is 9.31 Å². The van der Waals surface area contributed by atoms with Gasteiger partial charge in [0, 0.05) is 13.2 Å². The molecule has 2 atom stereocenters. The number of benzene rings is 2. The topological polar surface area (TPSA) is 68.2 Å². The zero-order valence-corrected chi connectivity index (χ0v) is 18.2. The van der Waals surface area contributed by atoms with Crippen molar-refractivity contribution >= 4 is 37.2 Å². The molecule has 2 N–H and O–H groups in total. The monoisotopic (exact) mass is 408 g/mol. The fraction of sp³-hybridized carbons (Fsp3) is 0.333. The lowest BCUT2D eigenvalue weighted by Crippen LogP contribution is -2.40. The minimum Gasteiger partial charge on any atom is -0.508 e. The first-order valence-electron chi connectivity index (χ1n) is 8.62. The molecule has 5 nitrogen and oxygen atoms in total. The van der Waals surface area contributed by atoms with E-state index in [1.165, 1.54) is 0 Å². The average molecular weight is 408 g/mol. The number of hydrogen-bond donors (Lipinski definition) is 2. The molecule has 2 aromatic carbocycles. The third-order valence-corrected chi connectivity index (χ3v) is 3.06. The molecule has 0 bridgehead atoms. The molecule has 0 saturated carbocycles. The van der Waals surface area contributed by atoms with Crippen LogP contribution in [0.5, 0.6) is 17.2 Å². The molecule has 0 amide bonds. The molecule has 1 saturated heterocycles. The Morgan fingerprint density at radius 1 is 0.963 bits per heavy atom. The van der Waals surface area contributed by atoms with E-state index >= 15 is 0 Å². The maximum Gasteiger partial charge on any atom is 0.493 e. The van der Waals surface area contributed by atoms with E-state index in [4.69, 9.17) is 31.8 Å². The Labute approximate surface area is 168 Å². The summed E-state index contributed by atoms with van der Waals surface area (Å²) < 4.78 is 15.7. The van der Waals surface area contributed by atoms with Gasteiger partial charge in [0.15, 0.2) is 0 Å². The fourth-order valence-corrected chi connectivity index (χ4v) is 1.89. The molecule has 146 valence electrons. The van der Waals surface area contributed by atoms with Gasteiger partial charge in [-0.05, 0) is 48.3 Å². The van der Waals surface area contributed by atoms with E-state index in [0.717, 1.165) is 30.8 Å². The maximum absolute atomic E-state index is 9.07. The van der Waals surface area contributed by atoms with E-state index < -0.39 is 0 Å². The van der Waals surface area contributed by atoms with Crippen LogP contribution in [0.3, 0.4) is 0 Å². The highest BCUT2D eigenvalue weighted by Gasteiger charge is 2.23. The summed E-state index contributed by atoms with van der Waals surface area (Å²) in [5.74, 6) is 1.28. The molecular weight excluding hydrogens is 380 g/mol. The number of phenolic OH excluding ortho intramolecular Hbond substituents is 2. The zero-order chi connectivity index (χ0) is 20.5. The number of phenols is 2. The molecule has 1 fully saturated rings. The van der Waals surface area contributed by atoms with Crippen molar-refractivity contribution in [3.05, 3.63) is 48.5 Å². The SMILES string of the molecule is CC.COc1ccc(O)cc1.Oc1ccc(B2OCCCO2)cc1.[B]PP. The highest BCUT2D eigenvalue weighted by atomic mass is 32.0. The van der Waals surface area contributed by atoms with Crippen molar-refractivity contribution in [1.82, 2.24) is 0 Å². The number of methoxy groups -OCH3 is 1. The van der Waals surface area contributed by atoms with Gasteiger partial charge in [0.1, 0.15) is 24.8 Å². The Morgan fingerprint density at radius 2 is 1.37 bits per heavy atom. The van der Waals surface area contributed by atoms with E-state index in [1.807, 2.05) is 26.0 Å². The Bertz CT molecular complexity index is 579. The standard InChI is InChI=1S/C9H11BO3.C7H8O2.C2H6.BH3P2/c11-9-4-2-8(3-5-9)10-12-6-1-7-13-10;1-9-7-4-2-6(8)3-5-7;1-2;1-3-2/h2-5,11H,1,6-7H2;2-5,8H,1H3;1-2H3;3H,2H2. The Kier molecular flexibility index (Phi) is 16.1. The van der Waals surface area contributed by atoms with E-state index in [0.29, 0.717) is 8.15 Å².